The summed E-state index contributed by atoms with van der Waals surface area (Å²) in [7, 11) is -2.09. The summed E-state index contributed by atoms with van der Waals surface area (Å²) in [6, 6.07) is 1.16. The first-order valence-electron chi connectivity index (χ1n) is 4.73. The Morgan fingerprint density at radius 2 is 2.18 bits per heavy atom. The molecule has 96 valence electrons. The molecule has 0 unspecified atom stereocenters. The van der Waals surface area contributed by atoms with Crippen LogP contribution in [0.3, 0.4) is 0 Å². The van der Waals surface area contributed by atoms with Gasteiger partial charge in [-0.25, -0.2) is 12.7 Å². The fourth-order valence-corrected chi connectivity index (χ4v) is 3.08. The van der Waals surface area contributed by atoms with Crippen LogP contribution in [0.5, 0.6) is 0 Å². The van der Waals surface area contributed by atoms with Crippen molar-refractivity contribution in [2.75, 3.05) is 25.6 Å². The lowest BCUT2D eigenvalue weighted by Gasteiger charge is -2.16. The SMILES string of the molecule is CSCCN(C)S(=O)(=O)c1c[nH]c(=O)c(Cl)c1. The summed E-state index contributed by atoms with van der Waals surface area (Å²) in [4.78, 5) is 13.3. The van der Waals surface area contributed by atoms with Gasteiger partial charge < -0.3 is 4.98 Å². The van der Waals surface area contributed by atoms with Crippen molar-refractivity contribution in [2.24, 2.45) is 0 Å². The largest absolute Gasteiger partial charge is 0.326 e. The van der Waals surface area contributed by atoms with Crippen LogP contribution in [-0.2, 0) is 10.0 Å². The minimum Gasteiger partial charge on any atom is -0.326 e. The van der Waals surface area contributed by atoms with Gasteiger partial charge in [-0.1, -0.05) is 11.6 Å². The monoisotopic (exact) mass is 296 g/mol. The lowest BCUT2D eigenvalue weighted by molar-refractivity contribution is 0.488. The van der Waals surface area contributed by atoms with E-state index >= 15 is 0 Å². The van der Waals surface area contributed by atoms with E-state index in [9.17, 15) is 13.2 Å². The van der Waals surface area contributed by atoms with Gasteiger partial charge in [-0.3, -0.25) is 4.79 Å². The summed E-state index contributed by atoms with van der Waals surface area (Å²) in [5.41, 5.74) is -0.502. The minimum absolute atomic E-state index is 0.00861. The summed E-state index contributed by atoms with van der Waals surface area (Å²) >= 11 is 7.15. The highest BCUT2D eigenvalue weighted by atomic mass is 35.5. The van der Waals surface area contributed by atoms with Gasteiger partial charge >= 0.3 is 0 Å². The number of aromatic nitrogens is 1. The zero-order chi connectivity index (χ0) is 13.1. The third-order valence-electron chi connectivity index (χ3n) is 2.15. The summed E-state index contributed by atoms with van der Waals surface area (Å²) in [5, 5.41) is -0.135. The van der Waals surface area contributed by atoms with Gasteiger partial charge in [0.15, 0.2) is 0 Å². The Bertz CT molecular complexity index is 541. The summed E-state index contributed by atoms with van der Waals surface area (Å²) < 4.78 is 25.3. The summed E-state index contributed by atoms with van der Waals surface area (Å²) in [6.45, 7) is 0.403. The van der Waals surface area contributed by atoms with Crippen molar-refractivity contribution >= 4 is 33.4 Å². The van der Waals surface area contributed by atoms with E-state index in [0.717, 1.165) is 12.3 Å². The number of aromatic amines is 1. The molecule has 5 nitrogen and oxygen atoms in total. The van der Waals surface area contributed by atoms with Crippen LogP contribution < -0.4 is 5.56 Å². The predicted molar refractivity (Wildman–Crippen MR) is 70.3 cm³/mol. The van der Waals surface area contributed by atoms with Crippen molar-refractivity contribution in [3.8, 4) is 0 Å². The second-order valence-corrected chi connectivity index (χ2v) is 6.77. The fraction of sp³-hybridized carbons (Fsp3) is 0.444. The highest BCUT2D eigenvalue weighted by molar-refractivity contribution is 7.98. The molecular weight excluding hydrogens is 284 g/mol. The van der Waals surface area contributed by atoms with Crippen LogP contribution in [0.1, 0.15) is 0 Å². The van der Waals surface area contributed by atoms with Crippen molar-refractivity contribution in [1.29, 1.82) is 0 Å². The smallest absolute Gasteiger partial charge is 0.266 e. The minimum atomic E-state index is -3.59. The van der Waals surface area contributed by atoms with E-state index in [1.807, 2.05) is 6.26 Å². The molecule has 0 atom stereocenters. The van der Waals surface area contributed by atoms with E-state index in [0.29, 0.717) is 12.3 Å². The molecule has 1 rings (SSSR count). The number of rotatable bonds is 5. The third-order valence-corrected chi connectivity index (χ3v) is 4.86. The van der Waals surface area contributed by atoms with Crippen molar-refractivity contribution in [2.45, 2.75) is 4.90 Å². The van der Waals surface area contributed by atoms with Crippen molar-refractivity contribution in [3.05, 3.63) is 27.6 Å². The zero-order valence-electron chi connectivity index (χ0n) is 9.44. The molecule has 0 saturated carbocycles. The normalized spacial score (nSPS) is 12.0. The molecule has 0 fully saturated rings. The Morgan fingerprint density at radius 3 is 2.71 bits per heavy atom. The highest BCUT2D eigenvalue weighted by Crippen LogP contribution is 2.15. The number of sulfonamides is 1. The van der Waals surface area contributed by atoms with E-state index in [2.05, 4.69) is 4.98 Å². The number of hydrogen-bond donors (Lipinski definition) is 1. The molecule has 0 radical (unpaired) electrons. The van der Waals surface area contributed by atoms with Gasteiger partial charge in [0, 0.05) is 25.5 Å². The Morgan fingerprint density at radius 1 is 1.53 bits per heavy atom. The lowest BCUT2D eigenvalue weighted by Crippen LogP contribution is -2.29. The Balaban J connectivity index is 3.04. The first kappa shape index (κ1) is 14.6. The van der Waals surface area contributed by atoms with Crippen LogP contribution in [0.4, 0.5) is 0 Å². The maximum Gasteiger partial charge on any atom is 0.266 e. The molecule has 1 aromatic heterocycles. The van der Waals surface area contributed by atoms with Gasteiger partial charge in [-0.05, 0) is 12.3 Å². The van der Waals surface area contributed by atoms with E-state index in [1.165, 1.54) is 11.4 Å². The van der Waals surface area contributed by atoms with Crippen LogP contribution in [0.2, 0.25) is 5.02 Å². The number of nitrogens with one attached hydrogen (secondary N) is 1. The van der Waals surface area contributed by atoms with Crippen LogP contribution in [-0.4, -0.2) is 43.3 Å². The molecule has 17 heavy (non-hydrogen) atoms. The molecule has 0 aliphatic carbocycles. The molecule has 8 heteroatoms. The average Bonchev–Trinajstić information content (AvgIpc) is 2.29. The van der Waals surface area contributed by atoms with Crippen LogP contribution in [0, 0.1) is 0 Å². The van der Waals surface area contributed by atoms with Gasteiger partial charge in [-0.15, -0.1) is 0 Å². The number of nitrogens with zero attached hydrogens (tertiary/aromatic N) is 1. The number of halogens is 1. The molecule has 0 saturated heterocycles. The molecule has 0 aliphatic heterocycles. The topological polar surface area (TPSA) is 70.2 Å². The van der Waals surface area contributed by atoms with E-state index in [4.69, 9.17) is 11.6 Å². The maximum atomic E-state index is 12.0. The second kappa shape index (κ2) is 5.90. The van der Waals surface area contributed by atoms with Gasteiger partial charge in [0.05, 0.1) is 4.90 Å². The van der Waals surface area contributed by atoms with E-state index in [1.54, 1.807) is 11.8 Å². The standard InChI is InChI=1S/C9H13ClN2O3S2/c1-12(3-4-16-2)17(14,15)7-5-8(10)9(13)11-6-7/h5-6H,3-4H2,1-2H3,(H,11,13). The van der Waals surface area contributed by atoms with Crippen LogP contribution >= 0.6 is 23.4 Å². The fourth-order valence-electron chi connectivity index (χ4n) is 1.11. The van der Waals surface area contributed by atoms with E-state index in [-0.39, 0.29) is 9.92 Å². The molecule has 0 aliphatic rings. The number of hydrogen-bond acceptors (Lipinski definition) is 4. The summed E-state index contributed by atoms with van der Waals surface area (Å²) in [6.07, 6.45) is 3.05. The quantitative estimate of drug-likeness (QED) is 0.880. The first-order valence-corrected chi connectivity index (χ1v) is 7.94. The van der Waals surface area contributed by atoms with Crippen molar-refractivity contribution < 1.29 is 8.42 Å². The molecule has 1 aromatic rings. The maximum absolute atomic E-state index is 12.0. The lowest BCUT2D eigenvalue weighted by atomic mass is 10.5. The Kier molecular flexibility index (Phi) is 5.05. The molecule has 1 heterocycles. The number of thioether (sulfide) groups is 1. The third kappa shape index (κ3) is 3.48. The van der Waals surface area contributed by atoms with Crippen LogP contribution in [0.25, 0.3) is 0 Å². The molecule has 0 spiro atoms. The zero-order valence-corrected chi connectivity index (χ0v) is 11.8. The average molecular weight is 297 g/mol. The second-order valence-electron chi connectivity index (χ2n) is 3.33. The summed E-state index contributed by atoms with van der Waals surface area (Å²) in [5.74, 6) is 0.701. The van der Waals surface area contributed by atoms with E-state index < -0.39 is 15.6 Å². The predicted octanol–water partition coefficient (Wildman–Crippen LogP) is 1.01. The highest BCUT2D eigenvalue weighted by Gasteiger charge is 2.21. The van der Waals surface area contributed by atoms with Crippen molar-refractivity contribution in [3.63, 3.8) is 0 Å². The van der Waals surface area contributed by atoms with Gasteiger partial charge in [0.1, 0.15) is 5.02 Å². The number of H-pyrrole nitrogens is 1. The molecule has 1 N–H and O–H groups in total. The Labute approximate surface area is 109 Å². The molecular formula is C9H13ClN2O3S2. The van der Waals surface area contributed by atoms with Crippen molar-refractivity contribution in [1.82, 2.24) is 9.29 Å². The molecule has 0 bridgehead atoms. The van der Waals surface area contributed by atoms with Gasteiger partial charge in [0.2, 0.25) is 10.0 Å². The first-order chi connectivity index (χ1) is 7.89. The van der Waals surface area contributed by atoms with Gasteiger partial charge in [-0.2, -0.15) is 11.8 Å². The molecule has 0 aromatic carbocycles. The van der Waals surface area contributed by atoms with Crippen LogP contribution in [0.15, 0.2) is 22.0 Å². The molecule has 0 amide bonds. The Hall–Kier alpha value is -0.500. The van der Waals surface area contributed by atoms with Gasteiger partial charge in [0.25, 0.3) is 5.56 Å². The number of pyridine rings is 1.